The quantitative estimate of drug-likeness (QED) is 0.560. The number of benzene rings is 2. The van der Waals surface area contributed by atoms with E-state index < -0.39 is 0 Å². The van der Waals surface area contributed by atoms with Gasteiger partial charge in [0.1, 0.15) is 0 Å². The molecule has 0 amide bonds. The smallest absolute Gasteiger partial charge is 0.309 e. The summed E-state index contributed by atoms with van der Waals surface area (Å²) in [5, 5.41) is 1.85. The molecular formula is C23H23ClN2O2. The number of carbonyl (C=O) groups is 1. The summed E-state index contributed by atoms with van der Waals surface area (Å²) < 4.78 is 5.20. The van der Waals surface area contributed by atoms with Gasteiger partial charge in [0.15, 0.2) is 0 Å². The monoisotopic (exact) mass is 394 g/mol. The molecule has 1 saturated heterocycles. The van der Waals surface area contributed by atoms with Crippen molar-refractivity contribution in [3.63, 3.8) is 0 Å². The molecule has 0 saturated carbocycles. The van der Waals surface area contributed by atoms with Gasteiger partial charge in [-0.3, -0.25) is 4.79 Å². The van der Waals surface area contributed by atoms with Gasteiger partial charge in [-0.05, 0) is 44.0 Å². The number of halogens is 1. The molecule has 0 radical (unpaired) electrons. The van der Waals surface area contributed by atoms with Gasteiger partial charge in [-0.1, -0.05) is 41.9 Å². The Balaban J connectivity index is 1.66. The van der Waals surface area contributed by atoms with Gasteiger partial charge in [-0.2, -0.15) is 0 Å². The van der Waals surface area contributed by atoms with Crippen molar-refractivity contribution in [2.24, 2.45) is 5.92 Å². The molecule has 0 aliphatic carbocycles. The molecule has 1 fully saturated rings. The fourth-order valence-corrected chi connectivity index (χ4v) is 3.93. The Bertz CT molecular complexity index is 980. The molecule has 1 aliphatic heterocycles. The Labute approximate surface area is 170 Å². The molecular weight excluding hydrogens is 372 g/mol. The molecule has 0 unspecified atom stereocenters. The maximum atomic E-state index is 12.1. The van der Waals surface area contributed by atoms with E-state index in [4.69, 9.17) is 21.3 Å². The van der Waals surface area contributed by atoms with E-state index in [1.54, 1.807) is 0 Å². The maximum absolute atomic E-state index is 12.1. The van der Waals surface area contributed by atoms with Crippen LogP contribution in [-0.2, 0) is 9.53 Å². The third-order valence-electron chi connectivity index (χ3n) is 5.29. The van der Waals surface area contributed by atoms with E-state index in [1.165, 1.54) is 0 Å². The zero-order valence-corrected chi connectivity index (χ0v) is 16.7. The number of ether oxygens (including phenoxy) is 1. The van der Waals surface area contributed by atoms with E-state index in [1.807, 2.05) is 49.4 Å². The topological polar surface area (TPSA) is 42.4 Å². The number of aromatic nitrogens is 1. The van der Waals surface area contributed by atoms with Crippen LogP contribution in [0.3, 0.4) is 0 Å². The van der Waals surface area contributed by atoms with E-state index in [-0.39, 0.29) is 11.9 Å². The number of hydrogen-bond donors (Lipinski definition) is 0. The van der Waals surface area contributed by atoms with Gasteiger partial charge in [-0.25, -0.2) is 4.98 Å². The first-order chi connectivity index (χ1) is 13.7. The van der Waals surface area contributed by atoms with Crippen LogP contribution in [0.5, 0.6) is 0 Å². The van der Waals surface area contributed by atoms with Crippen molar-refractivity contribution in [1.29, 1.82) is 0 Å². The number of hydrogen-bond acceptors (Lipinski definition) is 4. The highest BCUT2D eigenvalue weighted by Gasteiger charge is 2.27. The third kappa shape index (κ3) is 3.83. The standard InChI is InChI=1S/C23H23ClN2O2/c1-2-28-23(27)17-11-13-26(14-12-17)22-15-21(16-7-9-18(24)10-8-16)25-20-6-4-3-5-19(20)22/h3-10,15,17H,2,11-14H2,1H3. The van der Waals surface area contributed by atoms with Crippen LogP contribution in [0.15, 0.2) is 54.6 Å². The minimum absolute atomic E-state index is 0.0000343. The van der Waals surface area contributed by atoms with Crippen molar-refractivity contribution in [1.82, 2.24) is 4.98 Å². The van der Waals surface area contributed by atoms with Crippen LogP contribution in [0.25, 0.3) is 22.2 Å². The third-order valence-corrected chi connectivity index (χ3v) is 5.54. The van der Waals surface area contributed by atoms with E-state index >= 15 is 0 Å². The second kappa shape index (κ2) is 8.19. The van der Waals surface area contributed by atoms with Gasteiger partial charge in [0, 0.05) is 34.7 Å². The molecule has 28 heavy (non-hydrogen) atoms. The molecule has 2 aromatic carbocycles. The Kier molecular flexibility index (Phi) is 5.49. The Morgan fingerprint density at radius 1 is 1.14 bits per heavy atom. The minimum atomic E-state index is -0.0661. The molecule has 5 heteroatoms. The SMILES string of the molecule is CCOC(=O)C1CCN(c2cc(-c3ccc(Cl)cc3)nc3ccccc23)CC1. The second-order valence-corrected chi connectivity index (χ2v) is 7.50. The molecule has 2 heterocycles. The molecule has 144 valence electrons. The number of anilines is 1. The first-order valence-corrected chi connectivity index (χ1v) is 10.1. The van der Waals surface area contributed by atoms with Gasteiger partial charge in [0.2, 0.25) is 0 Å². The predicted molar refractivity (Wildman–Crippen MR) is 114 cm³/mol. The van der Waals surface area contributed by atoms with Gasteiger partial charge >= 0.3 is 5.97 Å². The number of carbonyl (C=O) groups excluding carboxylic acids is 1. The number of pyridine rings is 1. The molecule has 3 aromatic rings. The van der Waals surface area contributed by atoms with Crippen molar-refractivity contribution in [3.05, 3.63) is 59.6 Å². The number of rotatable bonds is 4. The lowest BCUT2D eigenvalue weighted by atomic mass is 9.96. The van der Waals surface area contributed by atoms with Gasteiger partial charge < -0.3 is 9.64 Å². The zero-order chi connectivity index (χ0) is 19.5. The summed E-state index contributed by atoms with van der Waals surface area (Å²) in [6, 6.07) is 18.1. The first kappa shape index (κ1) is 18.8. The van der Waals surface area contributed by atoms with Gasteiger partial charge in [0.05, 0.1) is 23.7 Å². The van der Waals surface area contributed by atoms with Crippen LogP contribution >= 0.6 is 11.6 Å². The molecule has 0 spiro atoms. The van der Waals surface area contributed by atoms with Gasteiger partial charge in [-0.15, -0.1) is 0 Å². The molecule has 4 rings (SSSR count). The Morgan fingerprint density at radius 3 is 2.57 bits per heavy atom. The lowest BCUT2D eigenvalue weighted by molar-refractivity contribution is -0.148. The van der Waals surface area contributed by atoms with Crippen LogP contribution in [0.1, 0.15) is 19.8 Å². The van der Waals surface area contributed by atoms with Gasteiger partial charge in [0.25, 0.3) is 0 Å². The average molecular weight is 395 g/mol. The van der Waals surface area contributed by atoms with Crippen LogP contribution in [0, 0.1) is 5.92 Å². The number of piperidine rings is 1. The summed E-state index contributed by atoms with van der Waals surface area (Å²) in [5.74, 6) is -0.0661. The summed E-state index contributed by atoms with van der Waals surface area (Å²) >= 11 is 6.04. The maximum Gasteiger partial charge on any atom is 0.309 e. The Morgan fingerprint density at radius 2 is 1.86 bits per heavy atom. The van der Waals surface area contributed by atoms with Crippen molar-refractivity contribution >= 4 is 34.2 Å². The largest absolute Gasteiger partial charge is 0.466 e. The highest BCUT2D eigenvalue weighted by Crippen LogP contribution is 2.33. The van der Waals surface area contributed by atoms with Crippen LogP contribution in [0.4, 0.5) is 5.69 Å². The number of nitrogens with zero attached hydrogens (tertiary/aromatic N) is 2. The summed E-state index contributed by atoms with van der Waals surface area (Å²) in [6.45, 7) is 3.96. The summed E-state index contributed by atoms with van der Waals surface area (Å²) in [4.78, 5) is 19.3. The fourth-order valence-electron chi connectivity index (χ4n) is 3.80. The summed E-state index contributed by atoms with van der Waals surface area (Å²) in [5.41, 5.74) is 4.10. The minimum Gasteiger partial charge on any atom is -0.466 e. The average Bonchev–Trinajstić information content (AvgIpc) is 2.74. The van der Waals surface area contributed by atoms with E-state index in [0.29, 0.717) is 11.6 Å². The highest BCUT2D eigenvalue weighted by molar-refractivity contribution is 6.30. The number of esters is 1. The molecule has 1 aromatic heterocycles. The lowest BCUT2D eigenvalue weighted by Crippen LogP contribution is -2.37. The molecule has 0 N–H and O–H groups in total. The molecule has 4 nitrogen and oxygen atoms in total. The van der Waals surface area contributed by atoms with Crippen molar-refractivity contribution in [3.8, 4) is 11.3 Å². The molecule has 0 atom stereocenters. The number of para-hydroxylation sites is 1. The second-order valence-electron chi connectivity index (χ2n) is 7.06. The van der Waals surface area contributed by atoms with Crippen molar-refractivity contribution < 1.29 is 9.53 Å². The first-order valence-electron chi connectivity index (χ1n) is 9.73. The van der Waals surface area contributed by atoms with Crippen molar-refractivity contribution in [2.45, 2.75) is 19.8 Å². The van der Waals surface area contributed by atoms with Crippen LogP contribution < -0.4 is 4.90 Å². The fraction of sp³-hybridized carbons (Fsp3) is 0.304. The molecule has 1 aliphatic rings. The van der Waals surface area contributed by atoms with Crippen LogP contribution in [0.2, 0.25) is 5.02 Å². The summed E-state index contributed by atoms with van der Waals surface area (Å²) in [6.07, 6.45) is 1.62. The van der Waals surface area contributed by atoms with E-state index in [9.17, 15) is 4.79 Å². The lowest BCUT2D eigenvalue weighted by Gasteiger charge is -2.33. The highest BCUT2D eigenvalue weighted by atomic mass is 35.5. The summed E-state index contributed by atoms with van der Waals surface area (Å²) in [7, 11) is 0. The Hall–Kier alpha value is -2.59. The van der Waals surface area contributed by atoms with Crippen molar-refractivity contribution in [2.75, 3.05) is 24.6 Å². The van der Waals surface area contributed by atoms with E-state index in [2.05, 4.69) is 17.0 Å². The zero-order valence-electron chi connectivity index (χ0n) is 15.9. The number of fused-ring (bicyclic) bond motifs is 1. The normalized spacial score (nSPS) is 15.0. The predicted octanol–water partition coefficient (Wildman–Crippen LogP) is 5.33. The van der Waals surface area contributed by atoms with Crippen LogP contribution in [-0.4, -0.2) is 30.6 Å². The molecule has 0 bridgehead atoms. The van der Waals surface area contributed by atoms with E-state index in [0.717, 1.165) is 53.8 Å².